The van der Waals surface area contributed by atoms with Crippen molar-refractivity contribution in [3.05, 3.63) is 29.1 Å². The normalized spacial score (nSPS) is 20.2. The second-order valence-corrected chi connectivity index (χ2v) is 6.36. The number of nitrogens with zero attached hydrogens (tertiary/aromatic N) is 1. The van der Waals surface area contributed by atoms with Gasteiger partial charge in [-0.05, 0) is 47.3 Å². The fraction of sp³-hybridized carbons (Fsp3) is 0.667. The summed E-state index contributed by atoms with van der Waals surface area (Å²) in [5.74, 6) is 1.45. The van der Waals surface area contributed by atoms with Gasteiger partial charge in [-0.15, -0.1) is 0 Å². The van der Waals surface area contributed by atoms with E-state index in [1.54, 1.807) is 5.56 Å². The fourth-order valence-corrected chi connectivity index (χ4v) is 2.89. The van der Waals surface area contributed by atoms with Gasteiger partial charge < -0.3 is 0 Å². The molecule has 0 unspecified atom stereocenters. The van der Waals surface area contributed by atoms with Gasteiger partial charge in [0.15, 0.2) is 0 Å². The van der Waals surface area contributed by atoms with Crippen molar-refractivity contribution in [2.45, 2.75) is 58.8 Å². The quantitative estimate of drug-likeness (QED) is 0.691. The standard InChI is InChI=1S/C15H23N/c1-10(2)11-6-7-13-14(11)12(8-9-16-13)15(3,4)5/h8-11H,6-7H2,1-5H3/t11-/m0/s1. The predicted octanol–water partition coefficient (Wildman–Crippen LogP) is 4.06. The van der Waals surface area contributed by atoms with Crippen molar-refractivity contribution in [1.82, 2.24) is 4.98 Å². The molecule has 1 atom stereocenters. The molecule has 0 saturated carbocycles. The van der Waals surface area contributed by atoms with Crippen LogP contribution in [0.3, 0.4) is 0 Å². The molecule has 2 rings (SSSR count). The van der Waals surface area contributed by atoms with E-state index < -0.39 is 0 Å². The average Bonchev–Trinajstić information content (AvgIpc) is 2.58. The Morgan fingerprint density at radius 3 is 2.56 bits per heavy atom. The van der Waals surface area contributed by atoms with Crippen LogP contribution in [-0.2, 0) is 11.8 Å². The zero-order valence-corrected chi connectivity index (χ0v) is 11.2. The lowest BCUT2D eigenvalue weighted by atomic mass is 9.79. The van der Waals surface area contributed by atoms with Crippen LogP contribution in [0.4, 0.5) is 0 Å². The van der Waals surface area contributed by atoms with Crippen LogP contribution in [-0.4, -0.2) is 4.98 Å². The van der Waals surface area contributed by atoms with E-state index in [0.29, 0.717) is 0 Å². The molecule has 1 nitrogen and oxygen atoms in total. The van der Waals surface area contributed by atoms with E-state index in [1.165, 1.54) is 24.1 Å². The Morgan fingerprint density at radius 1 is 1.31 bits per heavy atom. The van der Waals surface area contributed by atoms with Crippen molar-refractivity contribution in [3.8, 4) is 0 Å². The van der Waals surface area contributed by atoms with E-state index >= 15 is 0 Å². The van der Waals surface area contributed by atoms with Crippen molar-refractivity contribution in [2.75, 3.05) is 0 Å². The lowest BCUT2D eigenvalue weighted by Gasteiger charge is -2.26. The van der Waals surface area contributed by atoms with Crippen molar-refractivity contribution >= 4 is 0 Å². The molecule has 0 bridgehead atoms. The van der Waals surface area contributed by atoms with Crippen LogP contribution >= 0.6 is 0 Å². The smallest absolute Gasteiger partial charge is 0.0441 e. The van der Waals surface area contributed by atoms with Crippen LogP contribution in [0.15, 0.2) is 12.3 Å². The van der Waals surface area contributed by atoms with Crippen LogP contribution < -0.4 is 0 Å². The molecule has 0 amide bonds. The van der Waals surface area contributed by atoms with Gasteiger partial charge in [0.25, 0.3) is 0 Å². The topological polar surface area (TPSA) is 12.9 Å². The Balaban J connectivity index is 2.54. The summed E-state index contributed by atoms with van der Waals surface area (Å²) in [6, 6.07) is 2.22. The minimum absolute atomic E-state index is 0.241. The number of rotatable bonds is 1. The maximum atomic E-state index is 4.57. The van der Waals surface area contributed by atoms with Crippen molar-refractivity contribution in [1.29, 1.82) is 0 Å². The average molecular weight is 217 g/mol. The number of hydrogen-bond donors (Lipinski definition) is 0. The fourth-order valence-electron chi connectivity index (χ4n) is 2.89. The highest BCUT2D eigenvalue weighted by atomic mass is 14.7. The number of aromatic nitrogens is 1. The zero-order chi connectivity index (χ0) is 11.9. The van der Waals surface area contributed by atoms with Gasteiger partial charge in [0.05, 0.1) is 0 Å². The molecule has 0 fully saturated rings. The Hall–Kier alpha value is -0.850. The minimum atomic E-state index is 0.241. The first kappa shape index (κ1) is 11.6. The molecule has 88 valence electrons. The van der Waals surface area contributed by atoms with E-state index in [0.717, 1.165) is 11.8 Å². The molecule has 16 heavy (non-hydrogen) atoms. The zero-order valence-electron chi connectivity index (χ0n) is 11.2. The second kappa shape index (κ2) is 3.87. The first-order valence-electron chi connectivity index (χ1n) is 6.39. The highest BCUT2D eigenvalue weighted by Gasteiger charge is 2.31. The summed E-state index contributed by atoms with van der Waals surface area (Å²) in [6.45, 7) is 11.6. The largest absolute Gasteiger partial charge is 0.261 e. The van der Waals surface area contributed by atoms with Crippen molar-refractivity contribution in [2.24, 2.45) is 5.92 Å². The molecule has 0 aromatic carbocycles. The van der Waals surface area contributed by atoms with Gasteiger partial charge in [0.2, 0.25) is 0 Å². The van der Waals surface area contributed by atoms with Gasteiger partial charge in [0, 0.05) is 11.9 Å². The Labute approximate surface area is 99.3 Å². The van der Waals surface area contributed by atoms with Crippen LogP contribution in [0.1, 0.15) is 63.8 Å². The van der Waals surface area contributed by atoms with Crippen LogP contribution in [0.5, 0.6) is 0 Å². The Bertz CT molecular complexity index is 385. The molecule has 1 aliphatic carbocycles. The number of aryl methyl sites for hydroxylation is 1. The first-order valence-corrected chi connectivity index (χ1v) is 6.39. The highest BCUT2D eigenvalue weighted by molar-refractivity contribution is 5.41. The molecule has 1 aromatic heterocycles. The molecule has 1 aliphatic rings. The van der Waals surface area contributed by atoms with Crippen LogP contribution in [0, 0.1) is 5.92 Å². The number of hydrogen-bond acceptors (Lipinski definition) is 1. The van der Waals surface area contributed by atoms with Gasteiger partial charge in [0.1, 0.15) is 0 Å². The van der Waals surface area contributed by atoms with E-state index in [-0.39, 0.29) is 5.41 Å². The third-order valence-corrected chi connectivity index (χ3v) is 3.75. The van der Waals surface area contributed by atoms with Crippen LogP contribution in [0.25, 0.3) is 0 Å². The van der Waals surface area contributed by atoms with Gasteiger partial charge in [-0.2, -0.15) is 0 Å². The molecule has 0 saturated heterocycles. The molecule has 1 heterocycles. The summed E-state index contributed by atoms with van der Waals surface area (Å²) in [5, 5.41) is 0. The summed E-state index contributed by atoms with van der Waals surface area (Å²) in [7, 11) is 0. The third kappa shape index (κ3) is 1.88. The summed E-state index contributed by atoms with van der Waals surface area (Å²) in [6.07, 6.45) is 4.44. The van der Waals surface area contributed by atoms with E-state index in [4.69, 9.17) is 0 Å². The number of fused-ring (bicyclic) bond motifs is 1. The summed E-state index contributed by atoms with van der Waals surface area (Å²) < 4.78 is 0. The van der Waals surface area contributed by atoms with E-state index in [2.05, 4.69) is 45.7 Å². The molecule has 0 aliphatic heterocycles. The van der Waals surface area contributed by atoms with Crippen LogP contribution in [0.2, 0.25) is 0 Å². The Kier molecular flexibility index (Phi) is 2.81. The van der Waals surface area contributed by atoms with Crippen molar-refractivity contribution < 1.29 is 0 Å². The molecule has 0 spiro atoms. The SMILES string of the molecule is CC(C)[C@@H]1CCc2nccc(C(C)(C)C)c21. The van der Waals surface area contributed by atoms with Gasteiger partial charge in [-0.3, -0.25) is 4.98 Å². The molecule has 1 aromatic rings. The number of pyridine rings is 1. The Morgan fingerprint density at radius 2 is 2.00 bits per heavy atom. The molecule has 1 heteroatoms. The van der Waals surface area contributed by atoms with Gasteiger partial charge in [-0.1, -0.05) is 34.6 Å². The van der Waals surface area contributed by atoms with E-state index in [1.807, 2.05) is 6.20 Å². The summed E-state index contributed by atoms with van der Waals surface area (Å²) in [5.41, 5.74) is 4.66. The lowest BCUT2D eigenvalue weighted by Crippen LogP contribution is -2.17. The van der Waals surface area contributed by atoms with Gasteiger partial charge >= 0.3 is 0 Å². The molecular formula is C15H23N. The minimum Gasteiger partial charge on any atom is -0.261 e. The monoisotopic (exact) mass is 217 g/mol. The molecule has 0 radical (unpaired) electrons. The predicted molar refractivity (Wildman–Crippen MR) is 68.8 cm³/mol. The summed E-state index contributed by atoms with van der Waals surface area (Å²) >= 11 is 0. The maximum absolute atomic E-state index is 4.57. The third-order valence-electron chi connectivity index (χ3n) is 3.75. The molecule has 0 N–H and O–H groups in total. The van der Waals surface area contributed by atoms with E-state index in [9.17, 15) is 0 Å². The van der Waals surface area contributed by atoms with Gasteiger partial charge in [-0.25, -0.2) is 0 Å². The lowest BCUT2D eigenvalue weighted by molar-refractivity contribution is 0.481. The van der Waals surface area contributed by atoms with Crippen molar-refractivity contribution in [3.63, 3.8) is 0 Å². The maximum Gasteiger partial charge on any atom is 0.0441 e. The molecular weight excluding hydrogens is 194 g/mol. The summed E-state index contributed by atoms with van der Waals surface area (Å²) in [4.78, 5) is 4.57. The highest BCUT2D eigenvalue weighted by Crippen LogP contribution is 2.42. The second-order valence-electron chi connectivity index (χ2n) is 6.36. The first-order chi connectivity index (χ1) is 7.41.